The Bertz CT molecular complexity index is 968. The minimum atomic E-state index is -0.228. The van der Waals surface area contributed by atoms with Crippen molar-refractivity contribution in [3.63, 3.8) is 0 Å². The van der Waals surface area contributed by atoms with Gasteiger partial charge in [-0.15, -0.1) is 6.58 Å². The zero-order valence-electron chi connectivity index (χ0n) is 15.2. The number of phenolic OH excluding ortho intramolecular Hbond substituents is 1. The Morgan fingerprint density at radius 3 is 2.75 bits per heavy atom. The molecule has 7 heteroatoms. The first-order chi connectivity index (χ1) is 13.5. The van der Waals surface area contributed by atoms with Gasteiger partial charge in [-0.05, 0) is 73.1 Å². The van der Waals surface area contributed by atoms with Gasteiger partial charge in [-0.2, -0.15) is 0 Å². The number of ether oxygens (including phenoxy) is 1. The van der Waals surface area contributed by atoms with Crippen LogP contribution < -0.4 is 10.1 Å². The van der Waals surface area contributed by atoms with Gasteiger partial charge in [0.1, 0.15) is 0 Å². The standard InChI is InChI=1S/C21H19ClN2O3S/c1-3-5-14-10-13(11-17(19(14)25)27-4-2)12-18-20(26)24-21(28-18)23-16-8-6-15(22)7-9-16/h3,6-12,25H,1,4-5H2,2H3,(H,23,24,26)/b18-12-. The van der Waals surface area contributed by atoms with Gasteiger partial charge in [0.05, 0.1) is 17.2 Å². The highest BCUT2D eigenvalue weighted by Crippen LogP contribution is 2.35. The van der Waals surface area contributed by atoms with E-state index in [1.54, 1.807) is 42.5 Å². The summed E-state index contributed by atoms with van der Waals surface area (Å²) in [4.78, 5) is 17.2. The number of rotatable bonds is 6. The van der Waals surface area contributed by atoms with E-state index >= 15 is 0 Å². The molecular formula is C21H19ClN2O3S. The predicted octanol–water partition coefficient (Wildman–Crippen LogP) is 5.06. The maximum Gasteiger partial charge on any atom is 0.264 e. The summed E-state index contributed by atoms with van der Waals surface area (Å²) >= 11 is 7.13. The number of amides is 1. The van der Waals surface area contributed by atoms with E-state index < -0.39 is 0 Å². The fraction of sp³-hybridized carbons (Fsp3) is 0.143. The number of nitrogens with zero attached hydrogens (tertiary/aromatic N) is 1. The molecule has 1 aliphatic heterocycles. The summed E-state index contributed by atoms with van der Waals surface area (Å²) in [5.41, 5.74) is 2.14. The number of carbonyl (C=O) groups excluding carboxylic acids is 1. The summed E-state index contributed by atoms with van der Waals surface area (Å²) in [7, 11) is 0. The monoisotopic (exact) mass is 414 g/mol. The number of phenols is 1. The Balaban J connectivity index is 1.89. The van der Waals surface area contributed by atoms with Gasteiger partial charge in [0.2, 0.25) is 0 Å². The number of hydrogen-bond acceptors (Lipinski definition) is 5. The van der Waals surface area contributed by atoms with Crippen molar-refractivity contribution >= 4 is 46.2 Å². The van der Waals surface area contributed by atoms with Crippen LogP contribution in [0.15, 0.2) is 59.0 Å². The molecule has 0 spiro atoms. The third-order valence-corrected chi connectivity index (χ3v) is 5.01. The van der Waals surface area contributed by atoms with Crippen LogP contribution in [-0.4, -0.2) is 22.8 Å². The summed E-state index contributed by atoms with van der Waals surface area (Å²) in [6.07, 6.45) is 3.94. The molecular weight excluding hydrogens is 396 g/mol. The lowest BCUT2D eigenvalue weighted by Crippen LogP contribution is -2.19. The molecule has 1 amide bonds. The van der Waals surface area contributed by atoms with Crippen LogP contribution in [0.1, 0.15) is 18.1 Å². The minimum absolute atomic E-state index is 0.0948. The van der Waals surface area contributed by atoms with Gasteiger partial charge in [0.15, 0.2) is 16.7 Å². The summed E-state index contributed by atoms with van der Waals surface area (Å²) in [6, 6.07) is 10.6. The van der Waals surface area contributed by atoms with E-state index in [2.05, 4.69) is 16.9 Å². The highest BCUT2D eigenvalue weighted by molar-refractivity contribution is 8.18. The molecule has 2 N–H and O–H groups in total. The lowest BCUT2D eigenvalue weighted by atomic mass is 10.1. The summed E-state index contributed by atoms with van der Waals surface area (Å²) in [5.74, 6) is 0.249. The number of benzene rings is 2. The average Bonchev–Trinajstić information content (AvgIpc) is 3.00. The molecule has 0 bridgehead atoms. The maximum atomic E-state index is 12.3. The van der Waals surface area contributed by atoms with Gasteiger partial charge >= 0.3 is 0 Å². The Hall–Kier alpha value is -2.70. The summed E-state index contributed by atoms with van der Waals surface area (Å²) in [5, 5.41) is 14.2. The number of amidine groups is 1. The van der Waals surface area contributed by atoms with Gasteiger partial charge in [-0.25, -0.2) is 4.99 Å². The van der Waals surface area contributed by atoms with Crippen LogP contribution >= 0.6 is 23.4 Å². The summed E-state index contributed by atoms with van der Waals surface area (Å²) in [6.45, 7) is 5.98. The van der Waals surface area contributed by atoms with E-state index in [4.69, 9.17) is 16.3 Å². The number of hydrogen-bond donors (Lipinski definition) is 2. The third kappa shape index (κ3) is 4.77. The molecule has 0 aliphatic carbocycles. The number of aromatic hydroxyl groups is 1. The predicted molar refractivity (Wildman–Crippen MR) is 115 cm³/mol. The SMILES string of the molecule is C=CCc1cc(/C=C2\SC(=Nc3ccc(Cl)cc3)NC2=O)cc(OCC)c1O. The second-order valence-corrected chi connectivity index (χ2v) is 7.38. The van der Waals surface area contributed by atoms with Gasteiger partial charge < -0.3 is 15.2 Å². The van der Waals surface area contributed by atoms with Gasteiger partial charge in [0, 0.05) is 10.6 Å². The van der Waals surface area contributed by atoms with E-state index in [0.717, 1.165) is 5.56 Å². The fourth-order valence-electron chi connectivity index (χ4n) is 2.61. The number of carbonyl (C=O) groups is 1. The van der Waals surface area contributed by atoms with Gasteiger partial charge in [-0.3, -0.25) is 4.79 Å². The summed E-state index contributed by atoms with van der Waals surface area (Å²) < 4.78 is 5.51. The Labute approximate surface area is 172 Å². The molecule has 0 aromatic heterocycles. The van der Waals surface area contributed by atoms with Crippen molar-refractivity contribution < 1.29 is 14.6 Å². The lowest BCUT2D eigenvalue weighted by Gasteiger charge is -2.11. The maximum absolute atomic E-state index is 12.3. The first kappa shape index (κ1) is 20.0. The van der Waals surface area contributed by atoms with E-state index in [1.165, 1.54) is 11.8 Å². The zero-order valence-corrected chi connectivity index (χ0v) is 16.8. The van der Waals surface area contributed by atoms with Gasteiger partial charge in [-0.1, -0.05) is 17.7 Å². The number of thioether (sulfide) groups is 1. The molecule has 28 heavy (non-hydrogen) atoms. The van der Waals surface area contributed by atoms with Crippen LogP contribution in [0.5, 0.6) is 11.5 Å². The molecule has 0 unspecified atom stereocenters. The van der Waals surface area contributed by atoms with Gasteiger partial charge in [0.25, 0.3) is 5.91 Å². The van der Waals surface area contributed by atoms with Crippen LogP contribution in [0.25, 0.3) is 6.08 Å². The molecule has 144 valence electrons. The van der Waals surface area contributed by atoms with E-state index in [0.29, 0.717) is 45.1 Å². The minimum Gasteiger partial charge on any atom is -0.504 e. The largest absolute Gasteiger partial charge is 0.504 e. The lowest BCUT2D eigenvalue weighted by molar-refractivity contribution is -0.115. The van der Waals surface area contributed by atoms with Crippen molar-refractivity contribution in [3.8, 4) is 11.5 Å². The van der Waals surface area contributed by atoms with Crippen LogP contribution in [0.3, 0.4) is 0 Å². The Morgan fingerprint density at radius 1 is 1.32 bits per heavy atom. The fourth-order valence-corrected chi connectivity index (χ4v) is 3.58. The second kappa shape index (κ2) is 8.99. The van der Waals surface area contributed by atoms with Crippen LogP contribution in [0.4, 0.5) is 5.69 Å². The molecule has 1 fully saturated rings. The number of halogens is 1. The molecule has 2 aromatic carbocycles. The molecule has 1 aliphatic rings. The normalized spacial score (nSPS) is 16.4. The Kier molecular flexibility index (Phi) is 6.44. The molecule has 1 heterocycles. The topological polar surface area (TPSA) is 70.9 Å². The third-order valence-electron chi connectivity index (χ3n) is 3.85. The average molecular weight is 415 g/mol. The van der Waals surface area contributed by atoms with Crippen molar-refractivity contribution in [1.29, 1.82) is 0 Å². The van der Waals surface area contributed by atoms with Crippen LogP contribution in [-0.2, 0) is 11.2 Å². The van der Waals surface area contributed by atoms with E-state index in [-0.39, 0.29) is 11.7 Å². The molecule has 0 saturated carbocycles. The first-order valence-corrected chi connectivity index (χ1v) is 9.84. The van der Waals surface area contributed by atoms with E-state index in [9.17, 15) is 9.90 Å². The van der Waals surface area contributed by atoms with Crippen molar-refractivity contribution in [1.82, 2.24) is 5.32 Å². The highest BCUT2D eigenvalue weighted by atomic mass is 35.5. The molecule has 0 atom stereocenters. The first-order valence-electron chi connectivity index (χ1n) is 8.65. The van der Waals surface area contributed by atoms with Crippen molar-refractivity contribution in [2.75, 3.05) is 6.61 Å². The number of nitrogens with one attached hydrogen (secondary N) is 1. The Morgan fingerprint density at radius 2 is 2.07 bits per heavy atom. The van der Waals surface area contributed by atoms with Crippen molar-refractivity contribution in [2.24, 2.45) is 4.99 Å². The molecule has 5 nitrogen and oxygen atoms in total. The van der Waals surface area contributed by atoms with Crippen molar-refractivity contribution in [2.45, 2.75) is 13.3 Å². The van der Waals surface area contributed by atoms with Crippen LogP contribution in [0, 0.1) is 0 Å². The van der Waals surface area contributed by atoms with E-state index in [1.807, 2.05) is 13.0 Å². The zero-order chi connectivity index (χ0) is 20.1. The smallest absolute Gasteiger partial charge is 0.264 e. The number of allylic oxidation sites excluding steroid dienone is 1. The molecule has 3 rings (SSSR count). The molecule has 1 saturated heterocycles. The quantitative estimate of drug-likeness (QED) is 0.511. The van der Waals surface area contributed by atoms with Crippen molar-refractivity contribution in [3.05, 3.63) is 70.1 Å². The van der Waals surface area contributed by atoms with Crippen LogP contribution in [0.2, 0.25) is 5.02 Å². The number of aliphatic imine (C=N–C) groups is 1. The molecule has 0 radical (unpaired) electrons. The molecule has 2 aromatic rings. The highest BCUT2D eigenvalue weighted by Gasteiger charge is 2.24. The second-order valence-electron chi connectivity index (χ2n) is 5.91.